The molecule has 0 spiro atoms. The summed E-state index contributed by atoms with van der Waals surface area (Å²) in [6.07, 6.45) is 3.18. The molecule has 1 aliphatic carbocycles. The summed E-state index contributed by atoms with van der Waals surface area (Å²) in [5.41, 5.74) is 4.71. The molecule has 1 unspecified atom stereocenters. The summed E-state index contributed by atoms with van der Waals surface area (Å²) in [6.45, 7) is 1.91. The highest BCUT2D eigenvalue weighted by Crippen LogP contribution is 2.29. The van der Waals surface area contributed by atoms with Gasteiger partial charge in [-0.2, -0.15) is 4.98 Å². The van der Waals surface area contributed by atoms with Gasteiger partial charge in [-0.25, -0.2) is 4.98 Å². The summed E-state index contributed by atoms with van der Waals surface area (Å²) < 4.78 is 5.63. The lowest BCUT2D eigenvalue weighted by Gasteiger charge is -2.26. The maximum Gasteiger partial charge on any atom is 0.258 e. The van der Waals surface area contributed by atoms with Crippen LogP contribution in [0.3, 0.4) is 0 Å². The molecule has 1 aliphatic rings. The van der Waals surface area contributed by atoms with Crippen LogP contribution in [0.5, 0.6) is 0 Å². The Balaban J connectivity index is 1.39. The van der Waals surface area contributed by atoms with Gasteiger partial charge in [-0.3, -0.25) is 4.79 Å². The van der Waals surface area contributed by atoms with E-state index >= 15 is 0 Å². The number of thioether (sulfide) groups is 1. The number of carbonyl (C=O) groups excluding carboxylic acids is 1. The summed E-state index contributed by atoms with van der Waals surface area (Å²) in [5.74, 6) is 0.280. The van der Waals surface area contributed by atoms with Gasteiger partial charge in [-0.05, 0) is 49.4 Å². The number of hydrogen-bond donors (Lipinski definition) is 1. The molecule has 0 aliphatic heterocycles. The summed E-state index contributed by atoms with van der Waals surface area (Å²) in [4.78, 5) is 21.0. The molecule has 1 amide bonds. The first kappa shape index (κ1) is 16.1. The van der Waals surface area contributed by atoms with Gasteiger partial charge in [-0.15, -0.1) is 0 Å². The van der Waals surface area contributed by atoms with Crippen molar-refractivity contribution in [1.82, 2.24) is 15.3 Å². The standard InChI is InChI=1S/C19H19N3O2S/c1-12-9-10-16-18(20-12)22-19(24-16)25-11-17(23)21-15-8-4-6-13-5-2-3-7-14(13)15/h2-3,5,7,9-10,15H,4,6,8,11H2,1H3,(H,21,23). The molecule has 0 radical (unpaired) electrons. The van der Waals surface area contributed by atoms with E-state index in [4.69, 9.17) is 4.42 Å². The van der Waals surface area contributed by atoms with Crippen molar-refractivity contribution in [2.75, 3.05) is 5.75 Å². The first-order chi connectivity index (χ1) is 12.2. The number of nitrogens with zero attached hydrogens (tertiary/aromatic N) is 2. The quantitative estimate of drug-likeness (QED) is 0.722. The Morgan fingerprint density at radius 1 is 1.28 bits per heavy atom. The third-order valence-corrected chi connectivity index (χ3v) is 5.23. The van der Waals surface area contributed by atoms with Crippen LogP contribution in [0.4, 0.5) is 0 Å². The molecule has 1 N–H and O–H groups in total. The Labute approximate surface area is 150 Å². The summed E-state index contributed by atoms with van der Waals surface area (Å²) in [5, 5.41) is 3.62. The molecular weight excluding hydrogens is 334 g/mol. The lowest BCUT2D eigenvalue weighted by molar-refractivity contribution is -0.119. The maximum atomic E-state index is 12.3. The Bertz CT molecular complexity index is 922. The molecule has 0 saturated heterocycles. The zero-order valence-corrected chi connectivity index (χ0v) is 14.8. The molecule has 3 aromatic rings. The van der Waals surface area contributed by atoms with Gasteiger partial charge < -0.3 is 9.73 Å². The van der Waals surface area contributed by atoms with Gasteiger partial charge in [0.15, 0.2) is 11.2 Å². The van der Waals surface area contributed by atoms with E-state index in [1.165, 1.54) is 22.9 Å². The third-order valence-electron chi connectivity index (χ3n) is 4.40. The number of oxazole rings is 1. The number of carbonyl (C=O) groups is 1. The van der Waals surface area contributed by atoms with Crippen molar-refractivity contribution in [3.8, 4) is 0 Å². The van der Waals surface area contributed by atoms with E-state index in [9.17, 15) is 4.79 Å². The molecule has 1 aromatic carbocycles. The van der Waals surface area contributed by atoms with Crippen LogP contribution in [0.15, 0.2) is 46.0 Å². The van der Waals surface area contributed by atoms with Crippen molar-refractivity contribution in [3.05, 3.63) is 53.2 Å². The summed E-state index contributed by atoms with van der Waals surface area (Å²) in [7, 11) is 0. The SMILES string of the molecule is Cc1ccc2oc(SCC(=O)NC3CCCc4ccccc43)nc2n1. The van der Waals surface area contributed by atoms with Crippen LogP contribution in [0, 0.1) is 6.92 Å². The molecule has 0 saturated carbocycles. The Hall–Kier alpha value is -2.34. The highest BCUT2D eigenvalue weighted by Gasteiger charge is 2.21. The van der Waals surface area contributed by atoms with Crippen LogP contribution in [-0.4, -0.2) is 21.6 Å². The van der Waals surface area contributed by atoms with Gasteiger partial charge >= 0.3 is 0 Å². The molecule has 6 heteroatoms. The predicted molar refractivity (Wildman–Crippen MR) is 97.5 cm³/mol. The number of amides is 1. The fourth-order valence-corrected chi connectivity index (χ4v) is 3.86. The van der Waals surface area contributed by atoms with E-state index in [2.05, 4.69) is 33.5 Å². The van der Waals surface area contributed by atoms with Gasteiger partial charge in [-0.1, -0.05) is 36.0 Å². The van der Waals surface area contributed by atoms with Crippen LogP contribution >= 0.6 is 11.8 Å². The van der Waals surface area contributed by atoms with Crippen molar-refractivity contribution in [1.29, 1.82) is 0 Å². The second-order valence-corrected chi connectivity index (χ2v) is 7.18. The number of aryl methyl sites for hydroxylation is 2. The lowest BCUT2D eigenvalue weighted by Crippen LogP contribution is -2.32. The number of nitrogens with one attached hydrogen (secondary N) is 1. The van der Waals surface area contributed by atoms with E-state index in [1.54, 1.807) is 0 Å². The zero-order chi connectivity index (χ0) is 17.2. The average Bonchev–Trinajstić information content (AvgIpc) is 3.02. The van der Waals surface area contributed by atoms with Crippen LogP contribution < -0.4 is 5.32 Å². The Morgan fingerprint density at radius 2 is 2.16 bits per heavy atom. The van der Waals surface area contributed by atoms with E-state index < -0.39 is 0 Å². The maximum absolute atomic E-state index is 12.3. The fraction of sp³-hybridized carbons (Fsp3) is 0.316. The Kier molecular flexibility index (Phi) is 4.44. The largest absolute Gasteiger partial charge is 0.430 e. The minimum atomic E-state index is -0.00176. The average molecular weight is 353 g/mol. The molecule has 128 valence electrons. The first-order valence-electron chi connectivity index (χ1n) is 8.43. The van der Waals surface area contributed by atoms with Crippen LogP contribution in [0.2, 0.25) is 0 Å². The monoisotopic (exact) mass is 353 g/mol. The highest BCUT2D eigenvalue weighted by molar-refractivity contribution is 7.99. The minimum absolute atomic E-state index is 0.00176. The molecule has 2 heterocycles. The molecule has 1 atom stereocenters. The number of aromatic nitrogens is 2. The lowest BCUT2D eigenvalue weighted by atomic mass is 9.88. The normalized spacial score (nSPS) is 16.6. The van der Waals surface area contributed by atoms with Gasteiger partial charge in [0, 0.05) is 5.69 Å². The number of rotatable bonds is 4. The van der Waals surface area contributed by atoms with Gasteiger partial charge in [0.2, 0.25) is 5.91 Å². The van der Waals surface area contributed by atoms with Crippen LogP contribution in [-0.2, 0) is 11.2 Å². The smallest absolute Gasteiger partial charge is 0.258 e. The molecule has 0 fully saturated rings. The first-order valence-corrected chi connectivity index (χ1v) is 9.42. The van der Waals surface area contributed by atoms with Crippen LogP contribution in [0.25, 0.3) is 11.2 Å². The molecular formula is C19H19N3O2S. The highest BCUT2D eigenvalue weighted by atomic mass is 32.2. The molecule has 5 nitrogen and oxygen atoms in total. The topological polar surface area (TPSA) is 68.0 Å². The second-order valence-electron chi connectivity index (χ2n) is 6.25. The zero-order valence-electron chi connectivity index (χ0n) is 14.0. The van der Waals surface area contributed by atoms with E-state index in [0.29, 0.717) is 16.5 Å². The summed E-state index contributed by atoms with van der Waals surface area (Å²) >= 11 is 1.30. The molecule has 4 rings (SSSR count). The number of hydrogen-bond acceptors (Lipinski definition) is 5. The number of benzene rings is 1. The van der Waals surface area contributed by atoms with Crippen LogP contribution in [0.1, 0.15) is 35.7 Å². The predicted octanol–water partition coefficient (Wildman–Crippen LogP) is 3.82. The van der Waals surface area contributed by atoms with Crippen molar-refractivity contribution in [2.24, 2.45) is 0 Å². The second kappa shape index (κ2) is 6.88. The fourth-order valence-electron chi connectivity index (χ4n) is 3.22. The van der Waals surface area contributed by atoms with Crippen molar-refractivity contribution in [2.45, 2.75) is 37.5 Å². The number of pyridine rings is 1. The van der Waals surface area contributed by atoms with Crippen molar-refractivity contribution < 1.29 is 9.21 Å². The number of fused-ring (bicyclic) bond motifs is 2. The third kappa shape index (κ3) is 3.54. The van der Waals surface area contributed by atoms with Gasteiger partial charge in [0.1, 0.15) is 0 Å². The van der Waals surface area contributed by atoms with Crippen molar-refractivity contribution >= 4 is 28.9 Å². The van der Waals surface area contributed by atoms with E-state index in [-0.39, 0.29) is 17.7 Å². The minimum Gasteiger partial charge on any atom is -0.430 e. The van der Waals surface area contributed by atoms with Crippen molar-refractivity contribution in [3.63, 3.8) is 0 Å². The molecule has 25 heavy (non-hydrogen) atoms. The van der Waals surface area contributed by atoms with E-state index in [0.717, 1.165) is 25.0 Å². The van der Waals surface area contributed by atoms with Gasteiger partial charge in [0.25, 0.3) is 5.22 Å². The molecule has 2 aromatic heterocycles. The molecule has 0 bridgehead atoms. The van der Waals surface area contributed by atoms with Gasteiger partial charge in [0.05, 0.1) is 11.8 Å². The van der Waals surface area contributed by atoms with E-state index in [1.807, 2.05) is 25.1 Å². The Morgan fingerprint density at radius 3 is 3.08 bits per heavy atom. The summed E-state index contributed by atoms with van der Waals surface area (Å²) in [6, 6.07) is 12.2.